The third-order valence-corrected chi connectivity index (χ3v) is 9.75. The number of carbonyl (C=O) groups is 1. The minimum absolute atomic E-state index is 0.518. The maximum absolute atomic E-state index is 11.3. The Labute approximate surface area is 127 Å². The third-order valence-electron chi connectivity index (χ3n) is 4.46. The summed E-state index contributed by atoms with van der Waals surface area (Å²) in [7, 11) is -1.57. The van der Waals surface area contributed by atoms with E-state index in [4.69, 9.17) is 0 Å². The van der Waals surface area contributed by atoms with Gasteiger partial charge in [0.2, 0.25) is 0 Å². The number of unbranched alkanes of at least 4 members (excludes halogenated alkanes) is 6. The first-order valence-corrected chi connectivity index (χ1v) is 11.6. The minimum atomic E-state index is -1.57. The van der Waals surface area contributed by atoms with E-state index in [1.165, 1.54) is 75.9 Å². The number of hydrogen-bond acceptors (Lipinski definition) is 1. The molecule has 1 N–H and O–H groups in total. The molecule has 0 saturated carbocycles. The van der Waals surface area contributed by atoms with Crippen LogP contribution in [0, 0.1) is 0 Å². The van der Waals surface area contributed by atoms with Crippen molar-refractivity contribution in [2.24, 2.45) is 0 Å². The van der Waals surface area contributed by atoms with Crippen molar-refractivity contribution >= 4 is 14.0 Å². The third kappa shape index (κ3) is 9.57. The second kappa shape index (κ2) is 12.4. The van der Waals surface area contributed by atoms with Crippen molar-refractivity contribution in [1.29, 1.82) is 0 Å². The summed E-state index contributed by atoms with van der Waals surface area (Å²) in [6.45, 7) is 6.69. The van der Waals surface area contributed by atoms with Crippen LogP contribution in [0.15, 0.2) is 0 Å². The molecule has 0 heterocycles. The lowest BCUT2D eigenvalue weighted by molar-refractivity contribution is -0.134. The summed E-state index contributed by atoms with van der Waals surface area (Å²) < 4.78 is 0. The largest absolute Gasteiger partial charge is 0.481 e. The first kappa shape index (κ1) is 19.7. The first-order chi connectivity index (χ1) is 9.60. The Hall–Kier alpha value is -0.313. The predicted octanol–water partition coefficient (Wildman–Crippen LogP) is 6.09. The van der Waals surface area contributed by atoms with Crippen molar-refractivity contribution < 1.29 is 9.90 Å². The van der Waals surface area contributed by atoms with Gasteiger partial charge in [-0.25, -0.2) is 0 Å². The minimum Gasteiger partial charge on any atom is -0.481 e. The van der Waals surface area contributed by atoms with E-state index in [-0.39, 0.29) is 0 Å². The molecule has 0 aliphatic carbocycles. The monoisotopic (exact) mass is 300 g/mol. The van der Waals surface area contributed by atoms with Gasteiger partial charge in [0, 0.05) is 6.04 Å². The van der Waals surface area contributed by atoms with Crippen LogP contribution in [0.4, 0.5) is 0 Å². The fraction of sp³-hybridized carbons (Fsp3) is 0.941. The van der Waals surface area contributed by atoms with Crippen molar-refractivity contribution in [2.45, 2.75) is 103 Å². The Morgan fingerprint density at radius 3 is 1.35 bits per heavy atom. The number of carboxylic acid groups (broad SMARTS) is 1. The molecule has 0 bridgehead atoms. The highest BCUT2D eigenvalue weighted by molar-refractivity contribution is 6.82. The molecule has 0 spiro atoms. The molecule has 120 valence electrons. The van der Waals surface area contributed by atoms with Gasteiger partial charge < -0.3 is 5.11 Å². The second-order valence-corrected chi connectivity index (χ2v) is 11.3. The van der Waals surface area contributed by atoms with Crippen molar-refractivity contribution in [3.63, 3.8) is 0 Å². The zero-order valence-corrected chi connectivity index (χ0v) is 15.0. The van der Waals surface area contributed by atoms with Gasteiger partial charge in [-0.15, -0.1) is 0 Å². The predicted molar refractivity (Wildman–Crippen MR) is 91.2 cm³/mol. The molecule has 0 fully saturated rings. The molecule has 0 aliphatic heterocycles. The molecule has 0 aromatic heterocycles. The second-order valence-electron chi connectivity index (χ2n) is 6.44. The summed E-state index contributed by atoms with van der Waals surface area (Å²) in [6.07, 6.45) is 11.3. The van der Waals surface area contributed by atoms with Gasteiger partial charge in [-0.05, 0) is 0 Å². The number of carboxylic acids is 1. The molecule has 0 rings (SSSR count). The van der Waals surface area contributed by atoms with Crippen molar-refractivity contribution in [1.82, 2.24) is 0 Å². The summed E-state index contributed by atoms with van der Waals surface area (Å²) >= 11 is 0. The van der Waals surface area contributed by atoms with Gasteiger partial charge in [-0.1, -0.05) is 96.7 Å². The van der Waals surface area contributed by atoms with Gasteiger partial charge in [-0.2, -0.15) is 0 Å². The van der Waals surface area contributed by atoms with Gasteiger partial charge in [-0.3, -0.25) is 4.79 Å². The smallest absolute Gasteiger partial charge is 0.300 e. The zero-order valence-electron chi connectivity index (χ0n) is 14.0. The molecule has 20 heavy (non-hydrogen) atoms. The van der Waals surface area contributed by atoms with Gasteiger partial charge >= 0.3 is 5.97 Å². The van der Waals surface area contributed by atoms with Crippen LogP contribution >= 0.6 is 0 Å². The quantitative estimate of drug-likeness (QED) is 0.311. The topological polar surface area (TPSA) is 37.3 Å². The van der Waals surface area contributed by atoms with Crippen molar-refractivity contribution in [2.75, 3.05) is 0 Å². The molecule has 0 aliphatic rings. The molecule has 0 aromatic carbocycles. The van der Waals surface area contributed by atoms with Crippen LogP contribution in [0.1, 0.15) is 78.6 Å². The molecule has 0 radical (unpaired) electrons. The number of rotatable bonds is 14. The van der Waals surface area contributed by atoms with Crippen LogP contribution in [0.25, 0.3) is 0 Å². The normalized spacial score (nSPS) is 11.8. The lowest BCUT2D eigenvalue weighted by atomic mass is 10.3. The van der Waals surface area contributed by atoms with E-state index >= 15 is 0 Å². The zero-order chi connectivity index (χ0) is 15.3. The molecular formula is C17H36O2Si. The lowest BCUT2D eigenvalue weighted by Crippen LogP contribution is -2.36. The summed E-state index contributed by atoms with van der Waals surface area (Å²) in [5.74, 6) is -0.541. The molecule has 2 nitrogen and oxygen atoms in total. The van der Waals surface area contributed by atoms with Crippen LogP contribution in [-0.2, 0) is 4.79 Å². The van der Waals surface area contributed by atoms with E-state index in [0.717, 1.165) is 0 Å². The highest BCUT2D eigenvalue weighted by Gasteiger charge is 2.33. The number of hydrogen-bond donors (Lipinski definition) is 1. The van der Waals surface area contributed by atoms with Gasteiger partial charge in [0.1, 0.15) is 0 Å². The van der Waals surface area contributed by atoms with E-state index in [1.54, 1.807) is 0 Å². The number of aliphatic carboxylic acids is 1. The van der Waals surface area contributed by atoms with Crippen molar-refractivity contribution in [3.05, 3.63) is 0 Å². The van der Waals surface area contributed by atoms with Crippen LogP contribution in [-0.4, -0.2) is 19.1 Å². The molecule has 0 amide bonds. The van der Waals surface area contributed by atoms with E-state index in [2.05, 4.69) is 20.8 Å². The molecule has 0 atom stereocenters. The molecule has 3 heteroatoms. The van der Waals surface area contributed by atoms with Gasteiger partial charge in [0.15, 0.2) is 0 Å². The van der Waals surface area contributed by atoms with E-state index in [1.807, 2.05) is 0 Å². The average Bonchev–Trinajstić information content (AvgIpc) is 2.39. The van der Waals surface area contributed by atoms with Crippen LogP contribution in [0.3, 0.4) is 0 Å². The molecule has 0 saturated heterocycles. The Kier molecular flexibility index (Phi) is 12.2. The SMILES string of the molecule is CCCCC[Si](CCCCC)(CCCCC)CC(=O)O. The van der Waals surface area contributed by atoms with Crippen LogP contribution in [0.2, 0.25) is 24.2 Å². The van der Waals surface area contributed by atoms with E-state index < -0.39 is 14.0 Å². The summed E-state index contributed by atoms with van der Waals surface area (Å²) in [5.41, 5.74) is 0. The fourth-order valence-corrected chi connectivity index (χ4v) is 8.13. The van der Waals surface area contributed by atoms with E-state index in [0.29, 0.717) is 6.04 Å². The summed E-state index contributed by atoms with van der Waals surface area (Å²) in [6, 6.07) is 4.27. The standard InChI is InChI=1S/C17H36O2Si/c1-4-7-10-13-20(16-17(18)19,14-11-8-5-2)15-12-9-6-3/h4-16H2,1-3H3,(H,18,19). The molecular weight excluding hydrogens is 264 g/mol. The summed E-state index contributed by atoms with van der Waals surface area (Å²) in [4.78, 5) is 11.3. The maximum atomic E-state index is 11.3. The Morgan fingerprint density at radius 2 is 1.10 bits per heavy atom. The highest BCUT2D eigenvalue weighted by atomic mass is 28.3. The molecule has 0 unspecified atom stereocenters. The Bertz CT molecular complexity index is 215. The van der Waals surface area contributed by atoms with Crippen molar-refractivity contribution in [3.8, 4) is 0 Å². The first-order valence-electron chi connectivity index (χ1n) is 8.82. The lowest BCUT2D eigenvalue weighted by Gasteiger charge is -2.31. The van der Waals surface area contributed by atoms with Crippen LogP contribution < -0.4 is 0 Å². The van der Waals surface area contributed by atoms with Gasteiger partial charge in [0.25, 0.3) is 0 Å². The summed E-state index contributed by atoms with van der Waals surface area (Å²) in [5, 5.41) is 9.35. The Balaban J connectivity index is 4.61. The average molecular weight is 301 g/mol. The van der Waals surface area contributed by atoms with E-state index in [9.17, 15) is 9.90 Å². The maximum Gasteiger partial charge on any atom is 0.300 e. The Morgan fingerprint density at radius 1 is 0.750 bits per heavy atom. The highest BCUT2D eigenvalue weighted by Crippen LogP contribution is 2.32. The van der Waals surface area contributed by atoms with Gasteiger partial charge in [0.05, 0.1) is 8.07 Å². The molecule has 0 aromatic rings. The van der Waals surface area contributed by atoms with Crippen LogP contribution in [0.5, 0.6) is 0 Å². The fourth-order valence-electron chi connectivity index (χ4n) is 3.21.